The lowest BCUT2D eigenvalue weighted by Crippen LogP contribution is -2.39. The molecular weight excluding hydrogens is 291 g/mol. The van der Waals surface area contributed by atoms with Gasteiger partial charge in [-0.3, -0.25) is 0 Å². The van der Waals surface area contributed by atoms with Crippen molar-refractivity contribution in [2.75, 3.05) is 0 Å². The highest BCUT2D eigenvalue weighted by molar-refractivity contribution is 9.25. The first-order chi connectivity index (χ1) is 4.19. The average Bonchev–Trinajstić information content (AvgIpc) is 1.62. The second-order valence-electron chi connectivity index (χ2n) is 1.42. The van der Waals surface area contributed by atoms with Gasteiger partial charge in [0.1, 0.15) is 0 Å². The number of alkyl halides is 7. The Balaban J connectivity index is 4.40. The molecule has 0 aromatic carbocycles. The molecule has 0 radical (unpaired) electrons. The molecule has 7 heteroatoms. The molecule has 0 saturated carbocycles. The maximum Gasteiger partial charge on any atom is 0.419 e. The first kappa shape index (κ1) is 10.6. The fraction of sp³-hybridized carbons (Fsp3) is 1.00. The van der Waals surface area contributed by atoms with E-state index in [1.54, 1.807) is 0 Å². The van der Waals surface area contributed by atoms with E-state index in [0.29, 0.717) is 0 Å². The quantitative estimate of drug-likeness (QED) is 0.514. The third kappa shape index (κ3) is 2.05. The second-order valence-corrected chi connectivity index (χ2v) is 4.99. The van der Waals surface area contributed by atoms with Gasteiger partial charge in [-0.1, -0.05) is 31.9 Å². The van der Waals surface area contributed by atoms with Crippen LogP contribution in [0.2, 0.25) is 0 Å². The number of rotatable bonds is 1. The molecule has 10 heavy (non-hydrogen) atoms. The zero-order valence-electron chi connectivity index (χ0n) is 4.22. The second kappa shape index (κ2) is 2.92. The Kier molecular flexibility index (Phi) is 3.10. The van der Waals surface area contributed by atoms with Gasteiger partial charge in [0.2, 0.25) is 3.23 Å². The molecule has 0 rings (SSSR count). The lowest BCUT2D eigenvalue weighted by molar-refractivity contribution is -0.158. The standard InChI is InChI=1S/C3HBr2F5/c4-2(5,1(6)7)3(8,9)10/h1H. The van der Waals surface area contributed by atoms with Gasteiger partial charge in [0.15, 0.2) is 0 Å². The monoisotopic (exact) mass is 290 g/mol. The Hall–Kier alpha value is 0.610. The topological polar surface area (TPSA) is 0 Å². The van der Waals surface area contributed by atoms with Crippen LogP contribution in [0.3, 0.4) is 0 Å². The van der Waals surface area contributed by atoms with E-state index in [1.807, 2.05) is 31.9 Å². The predicted octanol–water partition coefficient (Wildman–Crippen LogP) is 3.30. The van der Waals surface area contributed by atoms with Gasteiger partial charge in [-0.05, 0) is 0 Å². The first-order valence-corrected chi connectivity index (χ1v) is 3.51. The molecule has 0 spiro atoms. The summed E-state index contributed by atoms with van der Waals surface area (Å²) in [5, 5.41) is 0. The molecule has 0 bridgehead atoms. The van der Waals surface area contributed by atoms with Gasteiger partial charge >= 0.3 is 6.18 Å². The summed E-state index contributed by atoms with van der Waals surface area (Å²) in [5.74, 6) is 0. The fourth-order valence-electron chi connectivity index (χ4n) is 0.124. The van der Waals surface area contributed by atoms with E-state index in [0.717, 1.165) is 0 Å². The van der Waals surface area contributed by atoms with Gasteiger partial charge in [0, 0.05) is 0 Å². The van der Waals surface area contributed by atoms with Crippen LogP contribution in [0, 0.1) is 0 Å². The van der Waals surface area contributed by atoms with Crippen molar-refractivity contribution in [3.63, 3.8) is 0 Å². The van der Waals surface area contributed by atoms with Crippen LogP contribution in [0.1, 0.15) is 0 Å². The molecule has 0 atom stereocenters. The number of hydrogen-bond donors (Lipinski definition) is 0. The largest absolute Gasteiger partial charge is 0.419 e. The van der Waals surface area contributed by atoms with Gasteiger partial charge < -0.3 is 0 Å². The maximum atomic E-state index is 11.5. The van der Waals surface area contributed by atoms with E-state index in [9.17, 15) is 22.0 Å². The molecule has 0 nitrogen and oxygen atoms in total. The molecule has 0 saturated heterocycles. The highest BCUT2D eigenvalue weighted by Crippen LogP contribution is 2.47. The van der Waals surface area contributed by atoms with Crippen LogP contribution < -0.4 is 0 Å². The van der Waals surface area contributed by atoms with Gasteiger partial charge in [-0.15, -0.1) is 0 Å². The zero-order valence-corrected chi connectivity index (χ0v) is 7.40. The van der Waals surface area contributed by atoms with E-state index in [1.165, 1.54) is 0 Å². The molecule has 0 aromatic heterocycles. The summed E-state index contributed by atoms with van der Waals surface area (Å²) >= 11 is 3.62. The SMILES string of the molecule is FC(F)C(Br)(Br)C(F)(F)F. The molecule has 0 unspecified atom stereocenters. The summed E-state index contributed by atoms with van der Waals surface area (Å²) in [5.41, 5.74) is 0. The normalized spacial score (nSPS) is 14.4. The minimum absolute atomic E-state index is 1.81. The van der Waals surface area contributed by atoms with Gasteiger partial charge in [0.05, 0.1) is 0 Å². The highest BCUT2D eigenvalue weighted by atomic mass is 79.9. The minimum Gasteiger partial charge on any atom is -0.208 e. The van der Waals surface area contributed by atoms with Crippen LogP contribution in [0.25, 0.3) is 0 Å². The van der Waals surface area contributed by atoms with E-state index < -0.39 is 15.8 Å². The van der Waals surface area contributed by atoms with E-state index in [4.69, 9.17) is 0 Å². The number of halogens is 7. The highest BCUT2D eigenvalue weighted by Gasteiger charge is 2.58. The van der Waals surface area contributed by atoms with Crippen LogP contribution in [0.4, 0.5) is 22.0 Å². The summed E-state index contributed by atoms with van der Waals surface area (Å²) in [6, 6.07) is 0. The summed E-state index contributed by atoms with van der Waals surface area (Å²) in [7, 11) is 0. The maximum absolute atomic E-state index is 11.5. The summed E-state index contributed by atoms with van der Waals surface area (Å²) in [4.78, 5) is 0. The van der Waals surface area contributed by atoms with Crippen LogP contribution in [0.5, 0.6) is 0 Å². The smallest absolute Gasteiger partial charge is 0.208 e. The molecule has 0 aromatic rings. The molecule has 0 aliphatic heterocycles. The van der Waals surface area contributed by atoms with Crippen molar-refractivity contribution in [1.29, 1.82) is 0 Å². The Morgan fingerprint density at radius 1 is 1.00 bits per heavy atom. The van der Waals surface area contributed by atoms with E-state index >= 15 is 0 Å². The van der Waals surface area contributed by atoms with Crippen LogP contribution in [-0.2, 0) is 0 Å². The summed E-state index contributed by atoms with van der Waals surface area (Å²) in [6.45, 7) is 0. The van der Waals surface area contributed by atoms with Crippen molar-refractivity contribution >= 4 is 31.9 Å². The van der Waals surface area contributed by atoms with E-state index in [-0.39, 0.29) is 0 Å². The Labute approximate surface area is 70.0 Å². The minimum atomic E-state index is -5.00. The van der Waals surface area contributed by atoms with Crippen LogP contribution in [-0.4, -0.2) is 15.8 Å². The molecule has 0 aliphatic carbocycles. The van der Waals surface area contributed by atoms with Gasteiger partial charge in [-0.2, -0.15) is 13.2 Å². The lowest BCUT2D eigenvalue weighted by Gasteiger charge is -2.21. The number of hydrogen-bond acceptors (Lipinski definition) is 0. The molecule has 0 amide bonds. The van der Waals surface area contributed by atoms with Crippen LogP contribution in [0.15, 0.2) is 0 Å². The third-order valence-corrected chi connectivity index (χ3v) is 2.24. The predicted molar refractivity (Wildman–Crippen MR) is 32.6 cm³/mol. The van der Waals surface area contributed by atoms with Crippen molar-refractivity contribution in [1.82, 2.24) is 0 Å². The molecule has 0 N–H and O–H groups in total. The van der Waals surface area contributed by atoms with Crippen molar-refractivity contribution in [3.05, 3.63) is 0 Å². The first-order valence-electron chi connectivity index (χ1n) is 1.92. The molecule has 0 heterocycles. The van der Waals surface area contributed by atoms with Crippen molar-refractivity contribution < 1.29 is 22.0 Å². The molecule has 62 valence electrons. The molecule has 0 aliphatic rings. The average molecular weight is 292 g/mol. The van der Waals surface area contributed by atoms with E-state index in [2.05, 4.69) is 0 Å². The van der Waals surface area contributed by atoms with Crippen molar-refractivity contribution in [2.24, 2.45) is 0 Å². The van der Waals surface area contributed by atoms with Crippen molar-refractivity contribution in [2.45, 2.75) is 15.8 Å². The van der Waals surface area contributed by atoms with Crippen molar-refractivity contribution in [3.8, 4) is 0 Å². The molecule has 0 fully saturated rings. The Bertz CT molecular complexity index is 117. The van der Waals surface area contributed by atoms with Crippen LogP contribution >= 0.6 is 31.9 Å². The van der Waals surface area contributed by atoms with Gasteiger partial charge in [-0.25, -0.2) is 8.78 Å². The Morgan fingerprint density at radius 3 is 1.30 bits per heavy atom. The van der Waals surface area contributed by atoms with Gasteiger partial charge in [0.25, 0.3) is 6.43 Å². The zero-order chi connectivity index (χ0) is 8.58. The fourth-order valence-corrected chi connectivity index (χ4v) is 0.124. The summed E-state index contributed by atoms with van der Waals surface area (Å²) < 4.78 is 54.3. The third-order valence-electron chi connectivity index (χ3n) is 0.652. The Morgan fingerprint density at radius 2 is 1.30 bits per heavy atom. The lowest BCUT2D eigenvalue weighted by atomic mass is 10.4. The summed E-state index contributed by atoms with van der Waals surface area (Å²) in [6.07, 6.45) is -8.53. The molecular formula is C3HBr2F5.